The van der Waals surface area contributed by atoms with Crippen LogP contribution in [0.3, 0.4) is 0 Å². The maximum absolute atomic E-state index is 12.5. The second kappa shape index (κ2) is 7.41. The van der Waals surface area contributed by atoms with E-state index < -0.39 is 0 Å². The Hall–Kier alpha value is -1.39. The fraction of sp³-hybridized carbons (Fsp3) is 0.562. The summed E-state index contributed by atoms with van der Waals surface area (Å²) in [4.78, 5) is 16.5. The van der Waals surface area contributed by atoms with Crippen molar-refractivity contribution in [3.05, 3.63) is 30.3 Å². The van der Waals surface area contributed by atoms with Crippen LogP contribution in [-0.2, 0) is 4.79 Å². The zero-order valence-electron chi connectivity index (χ0n) is 12.5. The zero-order chi connectivity index (χ0) is 14.4. The first-order valence-electron chi connectivity index (χ1n) is 7.48. The van der Waals surface area contributed by atoms with Crippen molar-refractivity contribution in [3.63, 3.8) is 0 Å². The number of hydrogen-bond donors (Lipinski definition) is 1. The number of nitrogens with one attached hydrogen (secondary N) is 1. The molecule has 1 fully saturated rings. The molecule has 4 heteroatoms. The van der Waals surface area contributed by atoms with E-state index in [2.05, 4.69) is 17.3 Å². The van der Waals surface area contributed by atoms with E-state index in [0.717, 1.165) is 18.8 Å². The molecule has 1 aromatic rings. The predicted molar refractivity (Wildman–Crippen MR) is 83.0 cm³/mol. The number of anilines is 1. The van der Waals surface area contributed by atoms with Gasteiger partial charge in [-0.3, -0.25) is 9.69 Å². The average Bonchev–Trinajstić information content (AvgIpc) is 2.50. The van der Waals surface area contributed by atoms with E-state index in [1.165, 1.54) is 12.8 Å². The molecule has 1 amide bonds. The van der Waals surface area contributed by atoms with E-state index in [9.17, 15) is 4.79 Å². The number of likely N-dealkylation sites (N-methyl/N-ethyl adjacent to an activating group) is 2. The van der Waals surface area contributed by atoms with Gasteiger partial charge in [-0.15, -0.1) is 0 Å². The van der Waals surface area contributed by atoms with E-state index in [-0.39, 0.29) is 5.91 Å². The van der Waals surface area contributed by atoms with Crippen molar-refractivity contribution in [1.29, 1.82) is 0 Å². The highest BCUT2D eigenvalue weighted by molar-refractivity contribution is 5.94. The summed E-state index contributed by atoms with van der Waals surface area (Å²) in [6, 6.07) is 10.4. The Labute approximate surface area is 121 Å². The number of nitrogens with zero attached hydrogens (tertiary/aromatic N) is 2. The molecular formula is C16H25N3O. The summed E-state index contributed by atoms with van der Waals surface area (Å²) in [6.45, 7) is 5.30. The molecule has 4 nitrogen and oxygen atoms in total. The molecule has 1 aliphatic rings. The molecule has 1 aliphatic heterocycles. The topological polar surface area (TPSA) is 35.6 Å². The summed E-state index contributed by atoms with van der Waals surface area (Å²) in [5, 5.41) is 3.40. The lowest BCUT2D eigenvalue weighted by Gasteiger charge is -2.32. The number of piperidine rings is 1. The lowest BCUT2D eigenvalue weighted by molar-refractivity contribution is -0.120. The summed E-state index contributed by atoms with van der Waals surface area (Å²) in [5.74, 6) is 0.173. The fourth-order valence-electron chi connectivity index (χ4n) is 2.75. The molecule has 0 spiro atoms. The average molecular weight is 275 g/mol. The normalized spacial score (nSPS) is 19.1. The van der Waals surface area contributed by atoms with Crippen LogP contribution >= 0.6 is 0 Å². The van der Waals surface area contributed by atoms with Crippen LogP contribution in [0.5, 0.6) is 0 Å². The lowest BCUT2D eigenvalue weighted by Crippen LogP contribution is -2.48. The SMILES string of the molecule is CCN(C(=O)CN(C)C1CCCNC1)c1ccccc1. The molecule has 0 saturated carbocycles. The quantitative estimate of drug-likeness (QED) is 0.889. The summed E-state index contributed by atoms with van der Waals surface area (Å²) >= 11 is 0. The van der Waals surface area contributed by atoms with Gasteiger partial charge < -0.3 is 10.2 Å². The first kappa shape index (κ1) is 15.0. The summed E-state index contributed by atoms with van der Waals surface area (Å²) in [5.41, 5.74) is 0.982. The second-order valence-corrected chi connectivity index (χ2v) is 5.39. The van der Waals surface area contributed by atoms with E-state index in [1.807, 2.05) is 42.2 Å². The predicted octanol–water partition coefficient (Wildman–Crippen LogP) is 1.72. The Balaban J connectivity index is 1.95. The number of rotatable bonds is 5. The number of para-hydroxylation sites is 1. The van der Waals surface area contributed by atoms with Crippen LogP contribution in [-0.4, -0.2) is 50.1 Å². The Morgan fingerprint density at radius 1 is 1.35 bits per heavy atom. The molecule has 1 N–H and O–H groups in total. The molecule has 1 aromatic carbocycles. The Morgan fingerprint density at radius 3 is 2.70 bits per heavy atom. The minimum atomic E-state index is 0.173. The van der Waals surface area contributed by atoms with Crippen molar-refractivity contribution in [2.45, 2.75) is 25.8 Å². The largest absolute Gasteiger partial charge is 0.315 e. The Bertz CT molecular complexity index is 415. The molecule has 1 atom stereocenters. The van der Waals surface area contributed by atoms with Crippen molar-refractivity contribution in [2.24, 2.45) is 0 Å². The molecule has 1 heterocycles. The van der Waals surface area contributed by atoms with Crippen LogP contribution in [0.1, 0.15) is 19.8 Å². The maximum Gasteiger partial charge on any atom is 0.241 e. The Kier molecular flexibility index (Phi) is 5.56. The van der Waals surface area contributed by atoms with Crippen LogP contribution in [0, 0.1) is 0 Å². The summed E-state index contributed by atoms with van der Waals surface area (Å²) in [7, 11) is 2.05. The third-order valence-corrected chi connectivity index (χ3v) is 3.96. The molecular weight excluding hydrogens is 250 g/mol. The molecule has 20 heavy (non-hydrogen) atoms. The maximum atomic E-state index is 12.5. The van der Waals surface area contributed by atoms with Gasteiger partial charge in [0.15, 0.2) is 0 Å². The number of carbonyl (C=O) groups excluding carboxylic acids is 1. The lowest BCUT2D eigenvalue weighted by atomic mass is 10.1. The van der Waals surface area contributed by atoms with Crippen LogP contribution in [0.2, 0.25) is 0 Å². The standard InChI is InChI=1S/C16H25N3O/c1-3-19(14-8-5-4-6-9-14)16(20)13-18(2)15-10-7-11-17-12-15/h4-6,8-9,15,17H,3,7,10-13H2,1-2H3. The highest BCUT2D eigenvalue weighted by Gasteiger charge is 2.22. The van der Waals surface area contributed by atoms with E-state index in [0.29, 0.717) is 19.1 Å². The number of hydrogen-bond acceptors (Lipinski definition) is 3. The van der Waals surface area contributed by atoms with E-state index >= 15 is 0 Å². The summed E-state index contributed by atoms with van der Waals surface area (Å²) < 4.78 is 0. The number of amides is 1. The van der Waals surface area contributed by atoms with Gasteiger partial charge in [0, 0.05) is 24.8 Å². The molecule has 0 bridgehead atoms. The van der Waals surface area contributed by atoms with Crippen LogP contribution in [0.25, 0.3) is 0 Å². The van der Waals surface area contributed by atoms with Crippen molar-refractivity contribution in [3.8, 4) is 0 Å². The third-order valence-electron chi connectivity index (χ3n) is 3.96. The van der Waals surface area contributed by atoms with Gasteiger partial charge >= 0.3 is 0 Å². The zero-order valence-corrected chi connectivity index (χ0v) is 12.5. The van der Waals surface area contributed by atoms with Crippen molar-refractivity contribution < 1.29 is 4.79 Å². The number of carbonyl (C=O) groups is 1. The van der Waals surface area contributed by atoms with Crippen LogP contribution in [0.15, 0.2) is 30.3 Å². The molecule has 1 unspecified atom stereocenters. The van der Waals surface area contributed by atoms with Gasteiger partial charge in [-0.1, -0.05) is 18.2 Å². The molecule has 0 radical (unpaired) electrons. The Morgan fingerprint density at radius 2 is 2.10 bits per heavy atom. The first-order valence-corrected chi connectivity index (χ1v) is 7.48. The first-order chi connectivity index (χ1) is 9.72. The van der Waals surface area contributed by atoms with Crippen molar-refractivity contribution in [2.75, 3.05) is 38.1 Å². The summed E-state index contributed by atoms with van der Waals surface area (Å²) in [6.07, 6.45) is 2.37. The van der Waals surface area contributed by atoms with Crippen molar-refractivity contribution >= 4 is 11.6 Å². The van der Waals surface area contributed by atoms with Gasteiger partial charge in [0.25, 0.3) is 0 Å². The van der Waals surface area contributed by atoms with Gasteiger partial charge in [-0.25, -0.2) is 0 Å². The van der Waals surface area contributed by atoms with Crippen LogP contribution < -0.4 is 10.2 Å². The van der Waals surface area contributed by atoms with Gasteiger partial charge in [-0.2, -0.15) is 0 Å². The minimum Gasteiger partial charge on any atom is -0.315 e. The monoisotopic (exact) mass is 275 g/mol. The molecule has 0 aliphatic carbocycles. The van der Waals surface area contributed by atoms with E-state index in [4.69, 9.17) is 0 Å². The smallest absolute Gasteiger partial charge is 0.241 e. The van der Waals surface area contributed by atoms with Gasteiger partial charge in [0.2, 0.25) is 5.91 Å². The molecule has 110 valence electrons. The minimum absolute atomic E-state index is 0.173. The fourth-order valence-corrected chi connectivity index (χ4v) is 2.75. The van der Waals surface area contributed by atoms with E-state index in [1.54, 1.807) is 0 Å². The van der Waals surface area contributed by atoms with Gasteiger partial charge in [0.05, 0.1) is 6.54 Å². The number of benzene rings is 1. The molecule has 1 saturated heterocycles. The third kappa shape index (κ3) is 3.81. The van der Waals surface area contributed by atoms with Gasteiger partial charge in [-0.05, 0) is 45.5 Å². The second-order valence-electron chi connectivity index (χ2n) is 5.39. The molecule has 2 rings (SSSR count). The highest BCUT2D eigenvalue weighted by Crippen LogP contribution is 2.14. The van der Waals surface area contributed by atoms with Crippen molar-refractivity contribution in [1.82, 2.24) is 10.2 Å². The highest BCUT2D eigenvalue weighted by atomic mass is 16.2. The van der Waals surface area contributed by atoms with Crippen LogP contribution in [0.4, 0.5) is 5.69 Å². The van der Waals surface area contributed by atoms with Gasteiger partial charge in [0.1, 0.15) is 0 Å². The molecule has 0 aromatic heterocycles.